The zero-order valence-electron chi connectivity index (χ0n) is 20.4. The number of hydrogen-bond acceptors (Lipinski definition) is 8. The first-order valence-electron chi connectivity index (χ1n) is 11.3. The van der Waals surface area contributed by atoms with Gasteiger partial charge in [-0.25, -0.2) is 0 Å². The van der Waals surface area contributed by atoms with Gasteiger partial charge in [-0.1, -0.05) is 41.6 Å². The zero-order valence-corrected chi connectivity index (χ0v) is 21.9. The lowest BCUT2D eigenvalue weighted by Crippen LogP contribution is -2.43. The van der Waals surface area contributed by atoms with E-state index in [0.717, 1.165) is 28.7 Å². The summed E-state index contributed by atoms with van der Waals surface area (Å²) in [4.78, 5) is 12.1. The number of hydrogen-bond donors (Lipinski definition) is 2. The third-order valence-electron chi connectivity index (χ3n) is 4.55. The van der Waals surface area contributed by atoms with Crippen molar-refractivity contribution in [2.45, 2.75) is 44.9 Å². The van der Waals surface area contributed by atoms with Gasteiger partial charge in [-0.05, 0) is 61.9 Å². The van der Waals surface area contributed by atoms with E-state index < -0.39 is 0 Å². The Bertz CT molecular complexity index is 1100. The molecule has 0 bridgehead atoms. The molecule has 188 valence electrons. The molecule has 1 amide bonds. The van der Waals surface area contributed by atoms with Gasteiger partial charge in [0.25, 0.3) is 5.91 Å². The van der Waals surface area contributed by atoms with Gasteiger partial charge in [0.15, 0.2) is 18.1 Å². The van der Waals surface area contributed by atoms with Crippen LogP contribution in [0, 0.1) is 0 Å². The van der Waals surface area contributed by atoms with Crippen LogP contribution in [0.1, 0.15) is 33.3 Å². The van der Waals surface area contributed by atoms with Crippen molar-refractivity contribution in [3.8, 4) is 17.2 Å². The van der Waals surface area contributed by atoms with Crippen LogP contribution in [0.5, 0.6) is 11.5 Å². The van der Waals surface area contributed by atoms with Gasteiger partial charge in [-0.15, -0.1) is 5.10 Å². The zero-order chi connectivity index (χ0) is 25.3. The molecule has 9 nitrogen and oxygen atoms in total. The summed E-state index contributed by atoms with van der Waals surface area (Å²) in [6.45, 7) is 9.25. The monoisotopic (exact) mass is 518 g/mol. The van der Waals surface area contributed by atoms with E-state index in [1.807, 2.05) is 64.1 Å². The number of carbonyl (C=O) groups excluding carboxylic acids is 1. The summed E-state index contributed by atoms with van der Waals surface area (Å²) in [5.41, 5.74) is 1.46. The minimum absolute atomic E-state index is 0.120. The number of carbonyl (C=O) groups is 1. The van der Waals surface area contributed by atoms with Crippen LogP contribution in [0.15, 0.2) is 47.6 Å². The summed E-state index contributed by atoms with van der Waals surface area (Å²) in [7, 11) is 0. The predicted octanol–water partition coefficient (Wildman–Crippen LogP) is 3.89. The summed E-state index contributed by atoms with van der Waals surface area (Å²) in [6, 6.07) is 13.3. The Balaban J connectivity index is 1.53. The number of nitrogens with one attached hydrogen (secondary N) is 2. The van der Waals surface area contributed by atoms with Crippen molar-refractivity contribution >= 4 is 29.3 Å². The number of amides is 1. The Labute approximate surface area is 214 Å². The molecule has 0 fully saturated rings. The summed E-state index contributed by atoms with van der Waals surface area (Å²) in [6.07, 6.45) is 0. The molecule has 2 aromatic carbocycles. The standard InChI is InChI=1S/C24H31ClN6O3S/c1-5-33-20-13-17(19(25)14-21(20)34-16-22(32)27-24(2,3)4)15-26-11-12-35-23-28-29-30-31(23)18-9-7-6-8-10-18/h6-10,13-14,26H,5,11-12,15-16H2,1-4H3,(H,27,32). The van der Waals surface area contributed by atoms with E-state index in [2.05, 4.69) is 26.2 Å². The minimum Gasteiger partial charge on any atom is -0.490 e. The van der Waals surface area contributed by atoms with Gasteiger partial charge in [0.05, 0.1) is 12.3 Å². The Morgan fingerprint density at radius 3 is 2.60 bits per heavy atom. The summed E-state index contributed by atoms with van der Waals surface area (Å²) < 4.78 is 13.1. The molecular formula is C24H31ClN6O3S. The second kappa shape index (κ2) is 12.8. The molecule has 0 saturated carbocycles. The Morgan fingerprint density at radius 2 is 1.89 bits per heavy atom. The SMILES string of the molecule is CCOc1cc(CNCCSc2nnnn2-c2ccccc2)c(Cl)cc1OCC(=O)NC(C)(C)C. The maximum absolute atomic E-state index is 12.1. The number of rotatable bonds is 12. The first kappa shape index (κ1) is 26.8. The number of tetrazole rings is 1. The molecule has 0 unspecified atom stereocenters. The molecule has 11 heteroatoms. The van der Waals surface area contributed by atoms with Crippen LogP contribution >= 0.6 is 23.4 Å². The van der Waals surface area contributed by atoms with Gasteiger partial charge < -0.3 is 20.1 Å². The first-order valence-corrected chi connectivity index (χ1v) is 12.7. The number of benzene rings is 2. The fourth-order valence-corrected chi connectivity index (χ4v) is 4.14. The van der Waals surface area contributed by atoms with Gasteiger partial charge >= 0.3 is 0 Å². The number of para-hydroxylation sites is 1. The molecule has 0 atom stereocenters. The largest absolute Gasteiger partial charge is 0.490 e. The summed E-state index contributed by atoms with van der Waals surface area (Å²) in [5.74, 6) is 1.55. The quantitative estimate of drug-likeness (QED) is 0.275. The van der Waals surface area contributed by atoms with Crippen LogP contribution in [0.4, 0.5) is 0 Å². The average Bonchev–Trinajstić information content (AvgIpc) is 3.27. The maximum atomic E-state index is 12.1. The molecule has 35 heavy (non-hydrogen) atoms. The topological polar surface area (TPSA) is 103 Å². The highest BCUT2D eigenvalue weighted by Gasteiger charge is 2.16. The molecular weight excluding hydrogens is 488 g/mol. The predicted molar refractivity (Wildman–Crippen MR) is 138 cm³/mol. The van der Waals surface area contributed by atoms with E-state index in [9.17, 15) is 4.79 Å². The van der Waals surface area contributed by atoms with Crippen LogP contribution in [0.3, 0.4) is 0 Å². The molecule has 0 aliphatic carbocycles. The van der Waals surface area contributed by atoms with Crippen molar-refractivity contribution in [3.63, 3.8) is 0 Å². The van der Waals surface area contributed by atoms with Gasteiger partial charge in [-0.3, -0.25) is 4.79 Å². The van der Waals surface area contributed by atoms with Crippen molar-refractivity contribution in [1.29, 1.82) is 0 Å². The number of thioether (sulfide) groups is 1. The Kier molecular flexibility index (Phi) is 9.76. The Morgan fingerprint density at radius 1 is 1.14 bits per heavy atom. The molecule has 0 aliphatic heterocycles. The second-order valence-corrected chi connectivity index (χ2v) is 10.1. The fraction of sp³-hybridized carbons (Fsp3) is 0.417. The summed E-state index contributed by atoms with van der Waals surface area (Å²) in [5, 5.41) is 19.5. The highest BCUT2D eigenvalue weighted by molar-refractivity contribution is 7.99. The molecule has 0 saturated heterocycles. The highest BCUT2D eigenvalue weighted by Crippen LogP contribution is 2.33. The first-order chi connectivity index (χ1) is 16.8. The lowest BCUT2D eigenvalue weighted by Gasteiger charge is -2.21. The van der Waals surface area contributed by atoms with Crippen LogP contribution in [-0.2, 0) is 11.3 Å². The van der Waals surface area contributed by atoms with Crippen molar-refractivity contribution in [2.75, 3.05) is 25.5 Å². The maximum Gasteiger partial charge on any atom is 0.258 e. The molecule has 3 rings (SSSR count). The molecule has 0 radical (unpaired) electrons. The Hall–Kier alpha value is -2.82. The second-order valence-electron chi connectivity index (χ2n) is 8.64. The van der Waals surface area contributed by atoms with E-state index in [-0.39, 0.29) is 18.1 Å². The number of nitrogens with zero attached hydrogens (tertiary/aromatic N) is 4. The van der Waals surface area contributed by atoms with E-state index in [0.29, 0.717) is 29.7 Å². The van der Waals surface area contributed by atoms with Gasteiger partial charge in [0.2, 0.25) is 5.16 Å². The van der Waals surface area contributed by atoms with Crippen LogP contribution in [0.2, 0.25) is 5.02 Å². The van der Waals surface area contributed by atoms with Crippen LogP contribution in [-0.4, -0.2) is 57.2 Å². The van der Waals surface area contributed by atoms with E-state index in [4.69, 9.17) is 21.1 Å². The van der Waals surface area contributed by atoms with Gasteiger partial charge in [0.1, 0.15) is 0 Å². The van der Waals surface area contributed by atoms with Crippen molar-refractivity contribution in [3.05, 3.63) is 53.1 Å². The van der Waals surface area contributed by atoms with Crippen LogP contribution < -0.4 is 20.1 Å². The van der Waals surface area contributed by atoms with E-state index >= 15 is 0 Å². The molecule has 2 N–H and O–H groups in total. The minimum atomic E-state index is -0.331. The smallest absolute Gasteiger partial charge is 0.258 e. The number of ether oxygens (including phenoxy) is 2. The lowest BCUT2D eigenvalue weighted by molar-refractivity contribution is -0.124. The third kappa shape index (κ3) is 8.41. The van der Waals surface area contributed by atoms with Crippen LogP contribution in [0.25, 0.3) is 5.69 Å². The van der Waals surface area contributed by atoms with E-state index in [1.165, 1.54) is 0 Å². The molecule has 1 heterocycles. The third-order valence-corrected chi connectivity index (χ3v) is 5.83. The fourth-order valence-electron chi connectivity index (χ4n) is 3.13. The lowest BCUT2D eigenvalue weighted by atomic mass is 10.1. The van der Waals surface area contributed by atoms with Crippen molar-refractivity contribution in [2.24, 2.45) is 0 Å². The number of halogens is 1. The molecule has 1 aromatic heterocycles. The van der Waals surface area contributed by atoms with Gasteiger partial charge in [-0.2, -0.15) is 4.68 Å². The summed E-state index contributed by atoms with van der Waals surface area (Å²) >= 11 is 8.06. The van der Waals surface area contributed by atoms with E-state index in [1.54, 1.807) is 22.5 Å². The van der Waals surface area contributed by atoms with Crippen molar-refractivity contribution in [1.82, 2.24) is 30.8 Å². The highest BCUT2D eigenvalue weighted by atomic mass is 35.5. The molecule has 0 spiro atoms. The molecule has 0 aliphatic rings. The number of aromatic nitrogens is 4. The molecule has 3 aromatic rings. The normalized spacial score (nSPS) is 11.3. The van der Waals surface area contributed by atoms with Crippen molar-refractivity contribution < 1.29 is 14.3 Å². The average molecular weight is 519 g/mol. The van der Waals surface area contributed by atoms with Gasteiger partial charge in [0, 0.05) is 35.5 Å².